The van der Waals surface area contributed by atoms with Crippen molar-refractivity contribution in [1.29, 1.82) is 0 Å². The lowest BCUT2D eigenvalue weighted by atomic mass is 9.94. The average Bonchev–Trinajstić information content (AvgIpc) is 3.49. The topological polar surface area (TPSA) is 117 Å². The summed E-state index contributed by atoms with van der Waals surface area (Å²) >= 11 is 1.18. The molecule has 202 valence electrons. The number of aryl methyl sites for hydroxylation is 1. The van der Waals surface area contributed by atoms with Crippen LogP contribution in [0.25, 0.3) is 10.6 Å². The predicted molar refractivity (Wildman–Crippen MR) is 152 cm³/mol. The second kappa shape index (κ2) is 11.2. The summed E-state index contributed by atoms with van der Waals surface area (Å²) in [6, 6.07) is 20.7. The summed E-state index contributed by atoms with van der Waals surface area (Å²) in [5.74, 6) is -2.53. The lowest BCUT2D eigenvalue weighted by molar-refractivity contribution is -0.117. The van der Waals surface area contributed by atoms with Crippen molar-refractivity contribution in [1.82, 2.24) is 4.98 Å². The summed E-state index contributed by atoms with van der Waals surface area (Å²) in [6.07, 6.45) is 0.658. The standard InChI is InChI=1S/C31H26N2O6S/c1-3-16-39-31(38)21-10-7-11-22(17-21)33-25(19-12-14-23(34)15-13-19)24(27(36)30(33)37)26(35)28-18(2)32-29(40-28)20-8-5-4-6-9-20/h4-15,17,25,34,36H,3,16H2,1-2H3. The number of phenolic OH excluding ortho intramolecular Hbond substituents is 1. The normalized spacial score (nSPS) is 15.0. The van der Waals surface area contributed by atoms with Gasteiger partial charge < -0.3 is 14.9 Å². The number of carbonyl (C=O) groups is 3. The number of phenols is 1. The van der Waals surface area contributed by atoms with Crippen LogP contribution < -0.4 is 4.90 Å². The number of hydrogen-bond acceptors (Lipinski definition) is 8. The highest BCUT2D eigenvalue weighted by molar-refractivity contribution is 7.17. The number of aliphatic hydroxyl groups excluding tert-OH is 1. The smallest absolute Gasteiger partial charge is 0.338 e. The van der Waals surface area contributed by atoms with E-state index in [1.54, 1.807) is 37.3 Å². The van der Waals surface area contributed by atoms with Crippen LogP contribution in [-0.4, -0.2) is 39.5 Å². The van der Waals surface area contributed by atoms with Crippen LogP contribution >= 0.6 is 11.3 Å². The highest BCUT2D eigenvalue weighted by Gasteiger charge is 2.45. The number of rotatable bonds is 8. The molecule has 0 radical (unpaired) electrons. The Bertz CT molecular complexity index is 1630. The van der Waals surface area contributed by atoms with E-state index in [-0.39, 0.29) is 23.5 Å². The number of benzene rings is 3. The first-order valence-electron chi connectivity index (χ1n) is 12.7. The number of esters is 1. The molecule has 3 aromatic carbocycles. The van der Waals surface area contributed by atoms with Gasteiger partial charge in [0.1, 0.15) is 10.8 Å². The van der Waals surface area contributed by atoms with Crippen molar-refractivity contribution in [3.05, 3.63) is 112 Å². The molecule has 1 atom stereocenters. The maximum absolute atomic E-state index is 14.0. The van der Waals surface area contributed by atoms with Crippen molar-refractivity contribution in [3.63, 3.8) is 0 Å². The van der Waals surface area contributed by atoms with E-state index in [1.807, 2.05) is 37.3 Å². The van der Waals surface area contributed by atoms with Gasteiger partial charge in [0.05, 0.1) is 34.4 Å². The molecule has 5 rings (SSSR count). The molecular formula is C31H26N2O6S. The van der Waals surface area contributed by atoms with E-state index in [1.165, 1.54) is 34.4 Å². The van der Waals surface area contributed by atoms with Crippen LogP contribution in [0.1, 0.15) is 50.7 Å². The highest BCUT2D eigenvalue weighted by Crippen LogP contribution is 2.43. The number of Topliss-reactive ketones (excluding diaryl/α,β-unsaturated/α-hetero) is 1. The van der Waals surface area contributed by atoms with Gasteiger partial charge in [-0.25, -0.2) is 9.78 Å². The fourth-order valence-electron chi connectivity index (χ4n) is 4.57. The van der Waals surface area contributed by atoms with Crippen LogP contribution in [0, 0.1) is 6.92 Å². The minimum atomic E-state index is -1.02. The Hall–Kier alpha value is -4.76. The second-order valence-electron chi connectivity index (χ2n) is 9.25. The van der Waals surface area contributed by atoms with E-state index in [9.17, 15) is 24.6 Å². The van der Waals surface area contributed by atoms with Crippen LogP contribution in [0.2, 0.25) is 0 Å². The van der Waals surface area contributed by atoms with Crippen molar-refractivity contribution >= 4 is 34.7 Å². The first kappa shape index (κ1) is 26.8. The summed E-state index contributed by atoms with van der Waals surface area (Å²) in [7, 11) is 0. The Morgan fingerprint density at radius 2 is 1.73 bits per heavy atom. The molecule has 0 saturated heterocycles. The summed E-state index contributed by atoms with van der Waals surface area (Å²) < 4.78 is 5.25. The van der Waals surface area contributed by atoms with Gasteiger partial charge in [-0.15, -0.1) is 11.3 Å². The number of aliphatic hydroxyl groups is 1. The number of thiazole rings is 1. The molecule has 0 bridgehead atoms. The number of carbonyl (C=O) groups excluding carboxylic acids is 3. The lowest BCUT2D eigenvalue weighted by Gasteiger charge is -2.27. The maximum Gasteiger partial charge on any atom is 0.338 e. The zero-order valence-electron chi connectivity index (χ0n) is 21.8. The Kier molecular flexibility index (Phi) is 7.48. The van der Waals surface area contributed by atoms with Crippen LogP contribution in [0.5, 0.6) is 5.75 Å². The Morgan fingerprint density at radius 3 is 2.42 bits per heavy atom. The molecule has 4 aromatic rings. The molecule has 1 aliphatic rings. The van der Waals surface area contributed by atoms with Gasteiger partial charge in [0.2, 0.25) is 5.78 Å². The van der Waals surface area contributed by atoms with Gasteiger partial charge in [0.25, 0.3) is 5.91 Å². The van der Waals surface area contributed by atoms with Crippen LogP contribution in [0.4, 0.5) is 5.69 Å². The Morgan fingerprint density at radius 1 is 1.00 bits per heavy atom. The Balaban J connectivity index is 1.59. The molecule has 2 heterocycles. The number of nitrogens with zero attached hydrogens (tertiary/aromatic N) is 2. The van der Waals surface area contributed by atoms with Crippen molar-refractivity contribution in [3.8, 4) is 16.3 Å². The van der Waals surface area contributed by atoms with E-state index >= 15 is 0 Å². The van der Waals surface area contributed by atoms with E-state index in [0.29, 0.717) is 33.3 Å². The molecule has 9 heteroatoms. The van der Waals surface area contributed by atoms with E-state index in [0.717, 1.165) is 5.56 Å². The molecule has 1 amide bonds. The lowest BCUT2D eigenvalue weighted by Crippen LogP contribution is -2.31. The minimum absolute atomic E-state index is 0.00664. The zero-order valence-corrected chi connectivity index (χ0v) is 22.6. The summed E-state index contributed by atoms with van der Waals surface area (Å²) in [5, 5.41) is 21.7. The van der Waals surface area contributed by atoms with Crippen molar-refractivity contribution in [2.24, 2.45) is 0 Å². The monoisotopic (exact) mass is 554 g/mol. The highest BCUT2D eigenvalue weighted by atomic mass is 32.1. The van der Waals surface area contributed by atoms with Gasteiger partial charge in [0, 0.05) is 11.3 Å². The molecule has 0 aliphatic carbocycles. The van der Waals surface area contributed by atoms with Gasteiger partial charge in [-0.1, -0.05) is 55.5 Å². The number of amides is 1. The summed E-state index contributed by atoms with van der Waals surface area (Å²) in [4.78, 5) is 46.3. The van der Waals surface area contributed by atoms with Crippen molar-refractivity contribution < 1.29 is 29.3 Å². The molecule has 8 nitrogen and oxygen atoms in total. The average molecular weight is 555 g/mol. The van der Waals surface area contributed by atoms with E-state index < -0.39 is 29.5 Å². The molecule has 1 aliphatic heterocycles. The van der Waals surface area contributed by atoms with E-state index in [2.05, 4.69) is 4.98 Å². The minimum Gasteiger partial charge on any atom is -0.508 e. The van der Waals surface area contributed by atoms with Gasteiger partial charge in [-0.05, 0) is 49.2 Å². The summed E-state index contributed by atoms with van der Waals surface area (Å²) in [5.41, 5.74) is 2.23. The first-order valence-corrected chi connectivity index (χ1v) is 13.5. The number of aromatic hydroxyl groups is 1. The van der Waals surface area contributed by atoms with Crippen molar-refractivity contribution in [2.45, 2.75) is 26.3 Å². The zero-order chi connectivity index (χ0) is 28.4. The third kappa shape index (κ3) is 4.99. The molecule has 0 saturated carbocycles. The molecule has 1 unspecified atom stereocenters. The largest absolute Gasteiger partial charge is 0.508 e. The van der Waals surface area contributed by atoms with Gasteiger partial charge in [-0.2, -0.15) is 0 Å². The second-order valence-corrected chi connectivity index (χ2v) is 10.2. The van der Waals surface area contributed by atoms with Crippen LogP contribution in [-0.2, 0) is 9.53 Å². The summed E-state index contributed by atoms with van der Waals surface area (Å²) in [6.45, 7) is 3.85. The van der Waals surface area contributed by atoms with Gasteiger partial charge >= 0.3 is 5.97 Å². The van der Waals surface area contributed by atoms with Gasteiger partial charge in [-0.3, -0.25) is 14.5 Å². The maximum atomic E-state index is 14.0. The molecular weight excluding hydrogens is 528 g/mol. The molecule has 2 N–H and O–H groups in total. The fraction of sp³-hybridized carbons (Fsp3) is 0.161. The third-order valence-corrected chi connectivity index (χ3v) is 7.69. The number of hydrogen-bond donors (Lipinski definition) is 2. The van der Waals surface area contributed by atoms with Crippen molar-refractivity contribution in [2.75, 3.05) is 11.5 Å². The molecule has 0 fully saturated rings. The first-order chi connectivity index (χ1) is 19.3. The Labute approximate surface area is 234 Å². The SMILES string of the molecule is CCCOC(=O)c1cccc(N2C(=O)C(O)=C(C(=O)c3sc(-c4ccccc4)nc3C)C2c2ccc(O)cc2)c1. The quantitative estimate of drug-likeness (QED) is 0.197. The molecule has 0 spiro atoms. The van der Waals surface area contributed by atoms with E-state index in [4.69, 9.17) is 4.74 Å². The van der Waals surface area contributed by atoms with Gasteiger partial charge in [0.15, 0.2) is 5.76 Å². The number of ether oxygens (including phenoxy) is 1. The number of ketones is 1. The number of aromatic nitrogens is 1. The van der Waals surface area contributed by atoms with Crippen LogP contribution in [0.3, 0.4) is 0 Å². The number of anilines is 1. The fourth-order valence-corrected chi connectivity index (χ4v) is 5.60. The van der Waals surface area contributed by atoms with Crippen LogP contribution in [0.15, 0.2) is 90.2 Å². The molecule has 40 heavy (non-hydrogen) atoms. The molecule has 1 aromatic heterocycles. The predicted octanol–water partition coefficient (Wildman–Crippen LogP) is 6.17. The third-order valence-electron chi connectivity index (χ3n) is 6.48.